The number of methoxy groups -OCH3 is 1. The molecule has 1 amide bonds. The molecular formula is C11H12N2O2. The highest BCUT2D eigenvalue weighted by Crippen LogP contribution is 2.13. The van der Waals surface area contributed by atoms with Crippen molar-refractivity contribution < 1.29 is 9.53 Å². The predicted molar refractivity (Wildman–Crippen MR) is 58.4 cm³/mol. The third-order valence-electron chi connectivity index (χ3n) is 1.67. The third kappa shape index (κ3) is 3.33. The molecule has 1 aromatic carbocycles. The fourth-order valence-electron chi connectivity index (χ4n) is 1.01. The minimum Gasteiger partial charge on any atom is -0.453 e. The van der Waals surface area contributed by atoms with Crippen molar-refractivity contribution in [3.8, 4) is 11.8 Å². The molecule has 0 spiro atoms. The molecule has 0 saturated carbocycles. The lowest BCUT2D eigenvalue weighted by Crippen LogP contribution is -2.11. The molecule has 0 saturated heterocycles. The SMILES string of the molecule is COC(=O)Nc1ccccc1C#CCN. The van der Waals surface area contributed by atoms with Gasteiger partial charge in [-0.3, -0.25) is 5.32 Å². The van der Waals surface area contributed by atoms with Gasteiger partial charge in [-0.1, -0.05) is 24.0 Å². The van der Waals surface area contributed by atoms with Gasteiger partial charge >= 0.3 is 6.09 Å². The highest BCUT2D eigenvalue weighted by molar-refractivity contribution is 5.86. The quantitative estimate of drug-likeness (QED) is 0.675. The van der Waals surface area contributed by atoms with E-state index in [9.17, 15) is 4.79 Å². The highest BCUT2D eigenvalue weighted by Gasteiger charge is 2.03. The van der Waals surface area contributed by atoms with Gasteiger partial charge in [0.2, 0.25) is 0 Å². The van der Waals surface area contributed by atoms with Crippen molar-refractivity contribution >= 4 is 11.8 Å². The molecule has 1 rings (SSSR count). The second-order valence-corrected chi connectivity index (χ2v) is 2.67. The molecule has 0 aliphatic carbocycles. The number of hydrogen-bond donors (Lipinski definition) is 2. The summed E-state index contributed by atoms with van der Waals surface area (Å²) in [5.41, 5.74) is 6.60. The number of carbonyl (C=O) groups excluding carboxylic acids is 1. The standard InChI is InChI=1S/C11H12N2O2/c1-15-11(14)13-10-7-3-2-5-9(10)6-4-8-12/h2-3,5,7H,8,12H2,1H3,(H,13,14). The van der Waals surface area contributed by atoms with Crippen LogP contribution in [0.4, 0.5) is 10.5 Å². The summed E-state index contributed by atoms with van der Waals surface area (Å²) in [7, 11) is 1.31. The lowest BCUT2D eigenvalue weighted by atomic mass is 10.2. The van der Waals surface area contributed by atoms with E-state index in [1.807, 2.05) is 6.07 Å². The molecule has 0 atom stereocenters. The van der Waals surface area contributed by atoms with E-state index in [1.165, 1.54) is 7.11 Å². The number of para-hydroxylation sites is 1. The van der Waals surface area contributed by atoms with Crippen LogP contribution in [-0.4, -0.2) is 19.7 Å². The monoisotopic (exact) mass is 204 g/mol. The molecule has 0 aliphatic heterocycles. The van der Waals surface area contributed by atoms with Gasteiger partial charge in [0, 0.05) is 5.56 Å². The van der Waals surface area contributed by atoms with Crippen LogP contribution in [-0.2, 0) is 4.74 Å². The summed E-state index contributed by atoms with van der Waals surface area (Å²) >= 11 is 0. The lowest BCUT2D eigenvalue weighted by Gasteiger charge is -2.05. The maximum Gasteiger partial charge on any atom is 0.411 e. The average molecular weight is 204 g/mol. The van der Waals surface area contributed by atoms with E-state index >= 15 is 0 Å². The van der Waals surface area contributed by atoms with Crippen LogP contribution in [0, 0.1) is 11.8 Å². The fourth-order valence-corrected chi connectivity index (χ4v) is 1.01. The van der Waals surface area contributed by atoms with Gasteiger partial charge in [-0.25, -0.2) is 4.79 Å². The zero-order valence-electron chi connectivity index (χ0n) is 8.41. The molecule has 3 N–H and O–H groups in total. The topological polar surface area (TPSA) is 64.3 Å². The molecule has 0 heterocycles. The largest absolute Gasteiger partial charge is 0.453 e. The molecular weight excluding hydrogens is 192 g/mol. The molecule has 0 aliphatic rings. The van der Waals surface area contributed by atoms with E-state index in [-0.39, 0.29) is 6.54 Å². The second-order valence-electron chi connectivity index (χ2n) is 2.67. The molecule has 0 bridgehead atoms. The van der Waals surface area contributed by atoms with E-state index in [1.54, 1.807) is 18.2 Å². The Morgan fingerprint density at radius 3 is 2.93 bits per heavy atom. The third-order valence-corrected chi connectivity index (χ3v) is 1.67. The van der Waals surface area contributed by atoms with Crippen LogP contribution in [0.5, 0.6) is 0 Å². The number of nitrogens with one attached hydrogen (secondary N) is 1. The summed E-state index contributed by atoms with van der Waals surface area (Å²) in [6.07, 6.45) is -0.517. The number of nitrogens with two attached hydrogens (primary N) is 1. The van der Waals surface area contributed by atoms with Crippen molar-refractivity contribution in [3.05, 3.63) is 29.8 Å². The Balaban J connectivity index is 2.91. The van der Waals surface area contributed by atoms with Crippen LogP contribution in [0.1, 0.15) is 5.56 Å². The number of rotatable bonds is 1. The molecule has 0 radical (unpaired) electrons. The first-order valence-electron chi connectivity index (χ1n) is 4.41. The molecule has 0 aromatic heterocycles. The van der Waals surface area contributed by atoms with E-state index in [0.29, 0.717) is 11.3 Å². The van der Waals surface area contributed by atoms with Crippen molar-refractivity contribution in [1.29, 1.82) is 0 Å². The van der Waals surface area contributed by atoms with Gasteiger partial charge in [0.1, 0.15) is 0 Å². The average Bonchev–Trinajstić information content (AvgIpc) is 2.28. The van der Waals surface area contributed by atoms with Crippen molar-refractivity contribution in [2.24, 2.45) is 5.73 Å². The maximum absolute atomic E-state index is 11.0. The smallest absolute Gasteiger partial charge is 0.411 e. The number of ether oxygens (including phenoxy) is 1. The zero-order chi connectivity index (χ0) is 11.1. The number of hydrogen-bond acceptors (Lipinski definition) is 3. The van der Waals surface area contributed by atoms with E-state index in [0.717, 1.165) is 0 Å². The Morgan fingerprint density at radius 2 is 2.27 bits per heavy atom. The number of benzene rings is 1. The van der Waals surface area contributed by atoms with Gasteiger partial charge in [-0.2, -0.15) is 0 Å². The number of anilines is 1. The Hall–Kier alpha value is -1.99. The summed E-state index contributed by atoms with van der Waals surface area (Å²) in [5, 5.41) is 2.56. The molecule has 15 heavy (non-hydrogen) atoms. The molecule has 4 nitrogen and oxygen atoms in total. The molecule has 78 valence electrons. The fraction of sp³-hybridized carbons (Fsp3) is 0.182. The summed E-state index contributed by atoms with van der Waals surface area (Å²) in [4.78, 5) is 11.0. The second kappa shape index (κ2) is 5.68. The summed E-state index contributed by atoms with van der Waals surface area (Å²) in [6, 6.07) is 7.19. The van der Waals surface area contributed by atoms with Gasteiger partial charge in [0.05, 0.1) is 19.3 Å². The van der Waals surface area contributed by atoms with E-state index in [2.05, 4.69) is 21.9 Å². The van der Waals surface area contributed by atoms with Crippen LogP contribution in [0.3, 0.4) is 0 Å². The molecule has 4 heteroatoms. The normalized spacial score (nSPS) is 8.67. The summed E-state index contributed by atoms with van der Waals surface area (Å²) in [6.45, 7) is 0.284. The van der Waals surface area contributed by atoms with E-state index < -0.39 is 6.09 Å². The Bertz CT molecular complexity index is 405. The highest BCUT2D eigenvalue weighted by atomic mass is 16.5. The zero-order valence-corrected chi connectivity index (χ0v) is 8.41. The van der Waals surface area contributed by atoms with Crippen LogP contribution < -0.4 is 11.1 Å². The molecule has 1 aromatic rings. The minimum atomic E-state index is -0.517. The Labute approximate surface area is 88.4 Å². The van der Waals surface area contributed by atoms with Crippen LogP contribution in [0.15, 0.2) is 24.3 Å². The van der Waals surface area contributed by atoms with Crippen LogP contribution in [0.2, 0.25) is 0 Å². The van der Waals surface area contributed by atoms with Crippen LogP contribution >= 0.6 is 0 Å². The maximum atomic E-state index is 11.0. The van der Waals surface area contributed by atoms with Crippen LogP contribution in [0.25, 0.3) is 0 Å². The summed E-state index contributed by atoms with van der Waals surface area (Å²) in [5.74, 6) is 5.58. The Morgan fingerprint density at radius 1 is 1.53 bits per heavy atom. The predicted octanol–water partition coefficient (Wildman–Crippen LogP) is 1.18. The van der Waals surface area contributed by atoms with E-state index in [4.69, 9.17) is 5.73 Å². The number of carbonyl (C=O) groups is 1. The minimum absolute atomic E-state index is 0.284. The Kier molecular flexibility index (Phi) is 4.20. The first-order valence-corrected chi connectivity index (χ1v) is 4.41. The van der Waals surface area contributed by atoms with Crippen molar-refractivity contribution in [2.45, 2.75) is 0 Å². The first kappa shape index (κ1) is 11.1. The van der Waals surface area contributed by atoms with Gasteiger partial charge < -0.3 is 10.5 Å². The van der Waals surface area contributed by atoms with Gasteiger partial charge in [0.25, 0.3) is 0 Å². The van der Waals surface area contributed by atoms with Crippen molar-refractivity contribution in [2.75, 3.05) is 19.0 Å². The van der Waals surface area contributed by atoms with Gasteiger partial charge in [-0.05, 0) is 12.1 Å². The lowest BCUT2D eigenvalue weighted by molar-refractivity contribution is 0.187. The van der Waals surface area contributed by atoms with Crippen molar-refractivity contribution in [3.63, 3.8) is 0 Å². The van der Waals surface area contributed by atoms with Gasteiger partial charge in [0.15, 0.2) is 0 Å². The number of amides is 1. The molecule has 0 unspecified atom stereocenters. The van der Waals surface area contributed by atoms with Crippen molar-refractivity contribution in [1.82, 2.24) is 0 Å². The molecule has 0 fully saturated rings. The van der Waals surface area contributed by atoms with Gasteiger partial charge in [-0.15, -0.1) is 0 Å². The summed E-state index contributed by atoms with van der Waals surface area (Å²) < 4.78 is 4.49. The first-order chi connectivity index (χ1) is 7.27.